The Morgan fingerprint density at radius 3 is 2.42 bits per heavy atom. The molecule has 2 aromatic carbocycles. The van der Waals surface area contributed by atoms with Gasteiger partial charge in [0.1, 0.15) is 24.3 Å². The number of methoxy groups -OCH3 is 2. The summed E-state index contributed by atoms with van der Waals surface area (Å²) in [7, 11) is 3.21. The lowest BCUT2D eigenvalue weighted by Gasteiger charge is -2.42. The van der Waals surface area contributed by atoms with Crippen molar-refractivity contribution >= 4 is 6.21 Å². The molecular formula is C26H32N4O6. The van der Waals surface area contributed by atoms with Crippen molar-refractivity contribution in [1.82, 2.24) is 14.8 Å². The van der Waals surface area contributed by atoms with Gasteiger partial charge >= 0.3 is 0 Å². The first-order valence-corrected chi connectivity index (χ1v) is 11.9. The van der Waals surface area contributed by atoms with Crippen LogP contribution in [0.3, 0.4) is 0 Å². The number of aromatic hydroxyl groups is 1. The Labute approximate surface area is 210 Å². The summed E-state index contributed by atoms with van der Waals surface area (Å²) in [6, 6.07) is 14.4. The number of aromatic nitrogens is 3. The van der Waals surface area contributed by atoms with Crippen LogP contribution in [0.25, 0.3) is 17.1 Å². The van der Waals surface area contributed by atoms with E-state index in [-0.39, 0.29) is 24.1 Å². The van der Waals surface area contributed by atoms with E-state index in [9.17, 15) is 5.11 Å². The number of benzene rings is 2. The Morgan fingerprint density at radius 1 is 1.03 bits per heavy atom. The van der Waals surface area contributed by atoms with Gasteiger partial charge in [-0.2, -0.15) is 0 Å². The van der Waals surface area contributed by atoms with Crippen LogP contribution in [0, 0.1) is 0 Å². The normalized spacial score (nSPS) is 24.3. The summed E-state index contributed by atoms with van der Waals surface area (Å²) in [6.07, 6.45) is 2.04. The highest BCUT2D eigenvalue weighted by Gasteiger charge is 2.47. The molecular weight excluding hydrogens is 464 g/mol. The number of phenols is 1. The third-order valence-corrected chi connectivity index (χ3v) is 5.93. The molecule has 1 aromatic heterocycles. The molecule has 10 nitrogen and oxygen atoms in total. The quantitative estimate of drug-likeness (QED) is 0.335. The topological polar surface area (TPSA) is 109 Å². The molecule has 1 aliphatic rings. The molecule has 0 amide bonds. The summed E-state index contributed by atoms with van der Waals surface area (Å²) in [6.45, 7) is 4.59. The lowest BCUT2D eigenvalue weighted by atomic mass is 9.99. The Bertz CT molecular complexity index is 1120. The number of hydrogen-bond acceptors (Lipinski definition) is 9. The van der Waals surface area contributed by atoms with Crippen molar-refractivity contribution in [2.45, 2.75) is 51.0 Å². The number of ether oxygens (including phenoxy) is 4. The molecule has 0 aliphatic carbocycles. The summed E-state index contributed by atoms with van der Waals surface area (Å²) in [4.78, 5) is 10.0. The van der Waals surface area contributed by atoms with Crippen LogP contribution < -0.4 is 0 Å². The van der Waals surface area contributed by atoms with Gasteiger partial charge in [0.25, 0.3) is 6.29 Å². The third kappa shape index (κ3) is 5.90. The van der Waals surface area contributed by atoms with Crippen molar-refractivity contribution in [3.8, 4) is 22.8 Å². The lowest BCUT2D eigenvalue weighted by Crippen LogP contribution is -2.59. The van der Waals surface area contributed by atoms with Crippen LogP contribution in [-0.2, 0) is 23.8 Å². The van der Waals surface area contributed by atoms with Gasteiger partial charge in [-0.3, -0.25) is 0 Å². The molecule has 3 aromatic rings. The fourth-order valence-electron chi connectivity index (χ4n) is 4.05. The maximum Gasteiger partial charge on any atom is 0.256 e. The molecule has 0 unspecified atom stereocenters. The minimum atomic E-state index is -0.736. The summed E-state index contributed by atoms with van der Waals surface area (Å²) < 4.78 is 24.9. The zero-order chi connectivity index (χ0) is 25.5. The van der Waals surface area contributed by atoms with E-state index in [1.54, 1.807) is 55.7 Å². The summed E-state index contributed by atoms with van der Waals surface area (Å²) >= 11 is 0. The molecule has 0 saturated carbocycles. The second-order valence-electron chi connectivity index (χ2n) is 8.44. The number of nitrogens with zero attached hydrogens (tertiary/aromatic N) is 4. The highest BCUT2D eigenvalue weighted by atomic mass is 16.8. The van der Waals surface area contributed by atoms with E-state index in [1.165, 1.54) is 0 Å². The molecule has 0 bridgehead atoms. The number of hydrogen-bond donors (Lipinski definition) is 1. The fraction of sp³-hybridized carbons (Fsp3) is 0.423. The minimum absolute atomic E-state index is 0.200. The van der Waals surface area contributed by atoms with E-state index in [2.05, 4.69) is 22.2 Å². The van der Waals surface area contributed by atoms with Gasteiger partial charge in [-0.25, -0.2) is 9.67 Å². The number of phenolic OH excluding ortho intramolecular Hbond substituents is 1. The van der Waals surface area contributed by atoms with Crippen LogP contribution >= 0.6 is 0 Å². The molecule has 1 fully saturated rings. The van der Waals surface area contributed by atoms with Crippen LogP contribution in [0.1, 0.15) is 25.8 Å². The van der Waals surface area contributed by atoms with Crippen LogP contribution in [-0.4, -0.2) is 77.6 Å². The monoisotopic (exact) mass is 496 g/mol. The van der Waals surface area contributed by atoms with Gasteiger partial charge in [0.2, 0.25) is 0 Å². The molecule has 4 rings (SSSR count). The molecule has 192 valence electrons. The van der Waals surface area contributed by atoms with Gasteiger partial charge in [-0.15, -0.1) is 5.10 Å². The number of rotatable bonds is 10. The Balaban J connectivity index is 1.38. The first kappa shape index (κ1) is 25.8. The predicted octanol–water partition coefficient (Wildman–Crippen LogP) is 3.56. The molecule has 10 heteroatoms. The molecule has 1 N–H and O–H groups in total. The second-order valence-corrected chi connectivity index (χ2v) is 8.44. The van der Waals surface area contributed by atoms with E-state index in [4.69, 9.17) is 23.8 Å². The predicted molar refractivity (Wildman–Crippen MR) is 133 cm³/mol. The molecule has 1 aliphatic heterocycles. The van der Waals surface area contributed by atoms with Gasteiger partial charge in [0.15, 0.2) is 11.9 Å². The summed E-state index contributed by atoms with van der Waals surface area (Å²) in [5.74, 6) is 0.784. The highest BCUT2D eigenvalue weighted by molar-refractivity contribution is 5.80. The molecule has 1 saturated heterocycles. The average molecular weight is 497 g/mol. The largest absolute Gasteiger partial charge is 0.508 e. The Kier molecular flexibility index (Phi) is 8.65. The van der Waals surface area contributed by atoms with Crippen molar-refractivity contribution in [3.05, 3.63) is 60.4 Å². The average Bonchev–Trinajstić information content (AvgIpc) is 3.39. The van der Waals surface area contributed by atoms with Gasteiger partial charge in [-0.1, -0.05) is 36.3 Å². The highest BCUT2D eigenvalue weighted by Crippen LogP contribution is 2.28. The van der Waals surface area contributed by atoms with Crippen molar-refractivity contribution in [2.24, 2.45) is 5.16 Å². The third-order valence-electron chi connectivity index (χ3n) is 5.93. The zero-order valence-corrected chi connectivity index (χ0v) is 20.9. The molecule has 5 atom stereocenters. The van der Waals surface area contributed by atoms with Crippen molar-refractivity contribution in [1.29, 1.82) is 0 Å². The molecule has 0 radical (unpaired) electrons. The van der Waals surface area contributed by atoms with Crippen molar-refractivity contribution in [2.75, 3.05) is 20.8 Å². The SMILES string of the molecule is CCCO[C@@H]1[C@@H](OC)[C@@H](OC)[C@H](O/N=C/c2ccc(-c3ncn(-c4ccc(O)cc4)n3)cc2)O[C@H]1C. The standard InChI is InChI=1S/C26H32N4O6/c1-5-14-34-22-17(2)35-26(24(33-4)23(22)32-3)36-28-15-18-6-8-19(9-7-18)25-27-16-30(29-25)20-10-12-21(31)13-11-20/h6-13,15-17,22-24,26,31H,5,14H2,1-4H3/b28-15+/t17-,22-,23+,24+,26-/m0/s1. The molecule has 0 spiro atoms. The molecule has 2 heterocycles. The molecule has 36 heavy (non-hydrogen) atoms. The van der Waals surface area contributed by atoms with Gasteiger partial charge < -0.3 is 28.9 Å². The smallest absolute Gasteiger partial charge is 0.256 e. The second kappa shape index (κ2) is 12.1. The van der Waals surface area contributed by atoms with Crippen molar-refractivity contribution in [3.63, 3.8) is 0 Å². The fourth-order valence-corrected chi connectivity index (χ4v) is 4.05. The minimum Gasteiger partial charge on any atom is -0.508 e. The first-order valence-electron chi connectivity index (χ1n) is 11.9. The van der Waals surface area contributed by atoms with Crippen LogP contribution in [0.5, 0.6) is 5.75 Å². The van der Waals surface area contributed by atoms with Gasteiger partial charge in [0, 0.05) is 26.4 Å². The Morgan fingerprint density at radius 2 is 1.75 bits per heavy atom. The van der Waals surface area contributed by atoms with Crippen LogP contribution in [0.4, 0.5) is 0 Å². The summed E-state index contributed by atoms with van der Waals surface area (Å²) in [5.41, 5.74) is 2.50. The number of oxime groups is 1. The Hall–Kier alpha value is -3.31. The summed E-state index contributed by atoms with van der Waals surface area (Å²) in [5, 5.41) is 18.1. The van der Waals surface area contributed by atoms with E-state index in [1.807, 2.05) is 31.2 Å². The van der Waals surface area contributed by atoms with E-state index in [0.717, 1.165) is 23.2 Å². The maximum atomic E-state index is 9.46. The van der Waals surface area contributed by atoms with E-state index in [0.29, 0.717) is 12.4 Å². The van der Waals surface area contributed by atoms with E-state index >= 15 is 0 Å². The first-order chi connectivity index (χ1) is 17.5. The zero-order valence-electron chi connectivity index (χ0n) is 20.9. The maximum absolute atomic E-state index is 9.46. The van der Waals surface area contributed by atoms with Gasteiger partial charge in [-0.05, 0) is 43.2 Å². The van der Waals surface area contributed by atoms with E-state index < -0.39 is 12.4 Å². The van der Waals surface area contributed by atoms with Crippen LogP contribution in [0.2, 0.25) is 0 Å². The van der Waals surface area contributed by atoms with Crippen LogP contribution in [0.15, 0.2) is 60.0 Å². The van der Waals surface area contributed by atoms with Gasteiger partial charge in [0.05, 0.1) is 18.0 Å². The lowest BCUT2D eigenvalue weighted by molar-refractivity contribution is -0.308. The van der Waals surface area contributed by atoms with Crippen molar-refractivity contribution < 1.29 is 28.9 Å².